The van der Waals surface area contributed by atoms with Crippen molar-refractivity contribution in [1.29, 1.82) is 0 Å². The molecule has 488 valence electrons. The molecule has 7 aromatic rings. The van der Waals surface area contributed by atoms with Crippen LogP contribution in [0, 0.1) is 51.4 Å². The molecule has 6 aliphatic rings. The maximum absolute atomic E-state index is 16.0. The van der Waals surface area contributed by atoms with E-state index in [0.717, 1.165) is 49.9 Å². The van der Waals surface area contributed by atoms with Gasteiger partial charge in [-0.15, -0.1) is 0 Å². The lowest BCUT2D eigenvalue weighted by Gasteiger charge is -2.38. The zero-order valence-electron chi connectivity index (χ0n) is 53.0. The van der Waals surface area contributed by atoms with Crippen LogP contribution in [0.1, 0.15) is 149 Å². The Labute approximate surface area is 543 Å². The summed E-state index contributed by atoms with van der Waals surface area (Å²) in [7, 11) is -0.358. The quantitative estimate of drug-likeness (QED) is 0.0838. The second-order valence-corrected chi connectivity index (χ2v) is 29.0. The van der Waals surface area contributed by atoms with E-state index in [4.69, 9.17) is 0 Å². The summed E-state index contributed by atoms with van der Waals surface area (Å²) < 4.78 is 125. The second-order valence-electron chi connectivity index (χ2n) is 26.4. The Morgan fingerprint density at radius 3 is 1.39 bits per heavy atom. The molecule has 21 heteroatoms. The van der Waals surface area contributed by atoms with Crippen LogP contribution in [0.3, 0.4) is 0 Å². The van der Waals surface area contributed by atoms with E-state index in [1.165, 1.54) is 26.0 Å². The normalized spacial score (nSPS) is 21.6. The van der Waals surface area contributed by atoms with Gasteiger partial charge in [0.15, 0.2) is 9.84 Å². The molecule has 0 bridgehead atoms. The maximum Gasteiger partial charge on any atom is 0.411 e. The van der Waals surface area contributed by atoms with Gasteiger partial charge in [-0.3, -0.25) is 38.4 Å². The molecule has 6 amide bonds. The SMILES string of the molecule is CC(=O)C1CCC(S(=O)(=O)C2CCC3C(=O)N(c4ccc(C5(c6ccc(N7C(=O)c8ccc(C(c9ccc%10c(c9)C(=O)N(c9cc(C)c(N(C)C)cc9C)C%10=O)(C(F)(F)F)C(F)(F)F)cc8C7=O)c(C)c6)c6ccccc6-c6ccccc65)cc4C)C(=O)C3C2)CC1C(C)=O. The molecule has 3 fully saturated rings. The highest BCUT2D eigenvalue weighted by Gasteiger charge is 2.73. The first-order chi connectivity index (χ1) is 44.8. The summed E-state index contributed by atoms with van der Waals surface area (Å²) >= 11 is 0. The molecule has 6 unspecified atom stereocenters. The van der Waals surface area contributed by atoms with Gasteiger partial charge in [-0.1, -0.05) is 84.9 Å². The number of anilines is 4. The van der Waals surface area contributed by atoms with Crippen LogP contribution in [-0.4, -0.2) is 92.4 Å². The molecule has 1 saturated heterocycles. The largest absolute Gasteiger partial charge is 0.411 e. The van der Waals surface area contributed by atoms with Crippen molar-refractivity contribution in [2.45, 2.75) is 114 Å². The summed E-state index contributed by atoms with van der Waals surface area (Å²) in [6.07, 6.45) is -11.7. The van der Waals surface area contributed by atoms with E-state index < -0.39 is 136 Å². The van der Waals surface area contributed by atoms with Crippen molar-refractivity contribution in [2.24, 2.45) is 23.7 Å². The summed E-state index contributed by atoms with van der Waals surface area (Å²) in [6.45, 7) is 9.45. The van der Waals surface area contributed by atoms with Gasteiger partial charge in [0.2, 0.25) is 17.2 Å². The molecule has 6 atom stereocenters. The molecule has 2 saturated carbocycles. The van der Waals surface area contributed by atoms with Crippen molar-refractivity contribution in [3.05, 3.63) is 211 Å². The van der Waals surface area contributed by atoms with E-state index in [9.17, 15) is 46.8 Å². The third-order valence-electron chi connectivity index (χ3n) is 21.1. The zero-order valence-corrected chi connectivity index (χ0v) is 53.8. The Morgan fingerprint density at radius 2 is 0.905 bits per heavy atom. The predicted molar refractivity (Wildman–Crippen MR) is 344 cm³/mol. The van der Waals surface area contributed by atoms with Gasteiger partial charge in [0.05, 0.1) is 67.1 Å². The van der Waals surface area contributed by atoms with E-state index in [2.05, 4.69) is 0 Å². The van der Waals surface area contributed by atoms with Crippen LogP contribution in [0.5, 0.6) is 0 Å². The number of alkyl halides is 6. The monoisotopic (exact) mass is 1310 g/mol. The number of amides is 6. The van der Waals surface area contributed by atoms with E-state index >= 15 is 26.3 Å². The fourth-order valence-electron chi connectivity index (χ4n) is 16.5. The van der Waals surface area contributed by atoms with Gasteiger partial charge < -0.3 is 4.90 Å². The third kappa shape index (κ3) is 9.35. The first-order valence-corrected chi connectivity index (χ1v) is 32.9. The molecule has 13 rings (SSSR count). The van der Waals surface area contributed by atoms with Crippen LogP contribution in [0.2, 0.25) is 0 Å². The van der Waals surface area contributed by atoms with Gasteiger partial charge in [0.1, 0.15) is 11.6 Å². The molecule has 0 N–H and O–H groups in total. The molecule has 3 heterocycles. The molecular weight excluding hydrogens is 1250 g/mol. The number of nitrogens with zero attached hydrogens (tertiary/aromatic N) is 4. The van der Waals surface area contributed by atoms with Crippen LogP contribution < -0.4 is 19.6 Å². The summed E-state index contributed by atoms with van der Waals surface area (Å²) in [6, 6.07) is 32.1. The summed E-state index contributed by atoms with van der Waals surface area (Å²) in [4.78, 5) is 116. The molecule has 7 aromatic carbocycles. The van der Waals surface area contributed by atoms with Gasteiger partial charge >= 0.3 is 12.4 Å². The van der Waals surface area contributed by atoms with Crippen molar-refractivity contribution >= 4 is 79.6 Å². The zero-order chi connectivity index (χ0) is 68.2. The molecule has 3 aliphatic carbocycles. The molecule has 95 heavy (non-hydrogen) atoms. The number of fused-ring (bicyclic) bond motifs is 6. The smallest absolute Gasteiger partial charge is 0.377 e. The number of ketones is 2. The van der Waals surface area contributed by atoms with Crippen LogP contribution in [-0.2, 0) is 39.8 Å². The lowest BCUT2D eigenvalue weighted by molar-refractivity contribution is -0.288. The number of carbonyl (C=O) groups excluding carboxylic acids is 8. The number of rotatable bonds is 12. The van der Waals surface area contributed by atoms with Gasteiger partial charge in [0, 0.05) is 31.6 Å². The number of hydrogen-bond donors (Lipinski definition) is 0. The fraction of sp³-hybridized carbons (Fsp3) is 0.324. The number of aryl methyl sites for hydroxylation is 4. The topological polar surface area (TPSA) is 184 Å². The first-order valence-electron chi connectivity index (χ1n) is 31.3. The number of imide groups is 3. The Kier molecular flexibility index (Phi) is 15.2. The first kappa shape index (κ1) is 64.3. The minimum Gasteiger partial charge on any atom is -0.377 e. The van der Waals surface area contributed by atoms with E-state index in [1.54, 1.807) is 77.0 Å². The van der Waals surface area contributed by atoms with Crippen LogP contribution >= 0.6 is 0 Å². The van der Waals surface area contributed by atoms with Crippen molar-refractivity contribution < 1.29 is 73.1 Å². The number of benzene rings is 7. The highest BCUT2D eigenvalue weighted by atomic mass is 32.2. The Hall–Kier alpha value is -9.37. The lowest BCUT2D eigenvalue weighted by Crippen LogP contribution is -2.55. The third-order valence-corrected chi connectivity index (χ3v) is 23.8. The van der Waals surface area contributed by atoms with Crippen LogP contribution in [0.15, 0.2) is 133 Å². The lowest BCUT2D eigenvalue weighted by atomic mass is 9.67. The van der Waals surface area contributed by atoms with Crippen LogP contribution in [0.25, 0.3) is 11.1 Å². The fourth-order valence-corrected chi connectivity index (χ4v) is 18.9. The molecule has 0 spiro atoms. The number of carbonyl (C=O) groups is 8. The molecule has 0 radical (unpaired) electrons. The number of sulfone groups is 1. The van der Waals surface area contributed by atoms with E-state index in [-0.39, 0.29) is 61.5 Å². The number of hydrogen-bond acceptors (Lipinski definition) is 11. The number of halogens is 6. The average molecular weight is 1320 g/mol. The highest BCUT2D eigenvalue weighted by Crippen LogP contribution is 2.60. The minimum absolute atomic E-state index is 0.0187. The second kappa shape index (κ2) is 22.4. The summed E-state index contributed by atoms with van der Waals surface area (Å²) in [5.41, 5.74) is -3.85. The van der Waals surface area contributed by atoms with Crippen molar-refractivity contribution in [2.75, 3.05) is 33.7 Å². The van der Waals surface area contributed by atoms with Crippen molar-refractivity contribution in [3.8, 4) is 11.1 Å². The van der Waals surface area contributed by atoms with E-state index in [1.807, 2.05) is 54.6 Å². The van der Waals surface area contributed by atoms with Crippen molar-refractivity contribution in [3.63, 3.8) is 0 Å². The maximum atomic E-state index is 16.0. The molecule has 0 aromatic heterocycles. The standard InChI is InChI=1S/C74H64F6N4O10S/c1-37-29-43(19-27-61(37)82-65(87)52-23-17-45(33-56(52)68(82)90)72(73(75,76)77,74(78,79)80)46-18-24-53-57(34-46)69(91)84(67(53)89)64-32-39(3)63(81(7)8)31-40(64)4)71(59-15-11-9-13-50(59)51-14-10-12-16-60(51)71)44-20-28-62(38(2)30-44)83-66(88)54-26-22-48(36-58(54)70(83)92)95(93,94)47-21-25-49(41(5)85)55(35-47)42(6)86/h9-20,23-24,27-34,47-49,54-55,58H,21-22,25-26,35-36H2,1-8H3. The van der Waals surface area contributed by atoms with Crippen LogP contribution in [0.4, 0.5) is 49.1 Å². The number of Topliss-reactive ketones (excluding diaryl/α,β-unsaturated/α-hetero) is 2. The van der Waals surface area contributed by atoms with Gasteiger partial charge in [-0.25, -0.2) is 23.1 Å². The van der Waals surface area contributed by atoms with Crippen molar-refractivity contribution in [1.82, 2.24) is 0 Å². The molecule has 3 aliphatic heterocycles. The van der Waals surface area contributed by atoms with E-state index in [0.29, 0.717) is 68.2 Å². The minimum atomic E-state index is -6.21. The predicted octanol–water partition coefficient (Wildman–Crippen LogP) is 13.4. The summed E-state index contributed by atoms with van der Waals surface area (Å²) in [5, 5.41) is -1.82. The average Bonchev–Trinajstić information content (AvgIpc) is 1.66. The van der Waals surface area contributed by atoms with Gasteiger partial charge in [-0.2, -0.15) is 26.3 Å². The summed E-state index contributed by atoms with van der Waals surface area (Å²) in [5.74, 6) is -8.73. The van der Waals surface area contributed by atoms with Gasteiger partial charge in [-0.05, 0) is 195 Å². The molecular formula is C74H64F6N4O10S. The molecule has 14 nitrogen and oxygen atoms in total. The Morgan fingerprint density at radius 1 is 0.463 bits per heavy atom. The Bertz CT molecular complexity index is 4650. The Balaban J connectivity index is 0.833. The van der Waals surface area contributed by atoms with Gasteiger partial charge in [0.25, 0.3) is 23.6 Å². The highest BCUT2D eigenvalue weighted by molar-refractivity contribution is 7.92.